The number of nitrogens with zero attached hydrogens (tertiary/aromatic N) is 1. The molecule has 0 saturated heterocycles. The third kappa shape index (κ3) is 2.32. The molecular weight excluding hydrogens is 190 g/mol. The molecule has 1 heterocycles. The van der Waals surface area contributed by atoms with Crippen LogP contribution < -0.4 is 0 Å². The van der Waals surface area contributed by atoms with Gasteiger partial charge in [-0.3, -0.25) is 4.79 Å². The van der Waals surface area contributed by atoms with Crippen molar-refractivity contribution in [3.63, 3.8) is 0 Å². The van der Waals surface area contributed by atoms with Crippen LogP contribution in [0.25, 0.3) is 0 Å². The van der Waals surface area contributed by atoms with Gasteiger partial charge in [0.2, 0.25) is 0 Å². The van der Waals surface area contributed by atoms with Gasteiger partial charge in [-0.1, -0.05) is 0 Å². The molecule has 1 aromatic rings. The van der Waals surface area contributed by atoms with Crippen LogP contribution in [0.5, 0.6) is 0 Å². The van der Waals surface area contributed by atoms with Gasteiger partial charge in [-0.15, -0.1) is 0 Å². The van der Waals surface area contributed by atoms with E-state index in [0.717, 1.165) is 6.39 Å². The Balaban J connectivity index is 2.72. The molecule has 0 amide bonds. The molecule has 1 rings (SSSR count). The van der Waals surface area contributed by atoms with Gasteiger partial charge in [-0.2, -0.15) is 0 Å². The summed E-state index contributed by atoms with van der Waals surface area (Å²) in [7, 11) is 1.23. The number of ether oxygens (including phenoxy) is 2. The molecule has 0 aliphatic rings. The van der Waals surface area contributed by atoms with Gasteiger partial charge in [0.15, 0.2) is 24.5 Å². The van der Waals surface area contributed by atoms with Gasteiger partial charge in [0.1, 0.15) is 0 Å². The maximum atomic E-state index is 11.1. The highest BCUT2D eigenvalue weighted by Crippen LogP contribution is 2.09. The van der Waals surface area contributed by atoms with Crippen LogP contribution in [-0.2, 0) is 20.9 Å². The summed E-state index contributed by atoms with van der Waals surface area (Å²) in [5, 5.41) is 0. The van der Waals surface area contributed by atoms with Gasteiger partial charge in [0.05, 0.1) is 7.11 Å². The fourth-order valence-corrected chi connectivity index (χ4v) is 0.803. The molecule has 0 saturated carbocycles. The molecule has 0 aromatic carbocycles. The van der Waals surface area contributed by atoms with Crippen molar-refractivity contribution in [1.29, 1.82) is 0 Å². The zero-order chi connectivity index (χ0) is 10.6. The molecular formula is C8H9NO5. The van der Waals surface area contributed by atoms with Crippen LogP contribution in [0, 0.1) is 0 Å². The predicted molar refractivity (Wildman–Crippen MR) is 43.3 cm³/mol. The van der Waals surface area contributed by atoms with E-state index >= 15 is 0 Å². The Kier molecular flexibility index (Phi) is 3.22. The van der Waals surface area contributed by atoms with E-state index in [-0.39, 0.29) is 18.1 Å². The van der Waals surface area contributed by atoms with E-state index in [1.54, 1.807) is 0 Å². The van der Waals surface area contributed by atoms with Gasteiger partial charge < -0.3 is 13.9 Å². The molecule has 0 aliphatic carbocycles. The third-order valence-electron chi connectivity index (χ3n) is 1.43. The van der Waals surface area contributed by atoms with E-state index < -0.39 is 11.9 Å². The van der Waals surface area contributed by atoms with Crippen LogP contribution in [0.3, 0.4) is 0 Å². The number of aromatic nitrogens is 1. The second-order valence-electron chi connectivity index (χ2n) is 2.40. The number of rotatable bonds is 3. The predicted octanol–water partition coefficient (Wildman–Crippen LogP) is 0.524. The normalized spacial score (nSPS) is 9.57. The number of esters is 2. The Morgan fingerprint density at radius 2 is 2.29 bits per heavy atom. The quantitative estimate of drug-likeness (QED) is 0.660. The van der Waals surface area contributed by atoms with Crippen molar-refractivity contribution >= 4 is 11.9 Å². The Morgan fingerprint density at radius 1 is 1.57 bits per heavy atom. The molecule has 6 nitrogen and oxygen atoms in total. The van der Waals surface area contributed by atoms with E-state index in [1.807, 2.05) is 0 Å². The summed E-state index contributed by atoms with van der Waals surface area (Å²) < 4.78 is 13.9. The molecule has 0 aliphatic heterocycles. The van der Waals surface area contributed by atoms with Crippen LogP contribution in [0.2, 0.25) is 0 Å². The molecule has 0 bridgehead atoms. The van der Waals surface area contributed by atoms with E-state index in [1.165, 1.54) is 14.0 Å². The summed E-state index contributed by atoms with van der Waals surface area (Å²) in [6.45, 7) is 1.13. The molecule has 0 atom stereocenters. The lowest BCUT2D eigenvalue weighted by Gasteiger charge is -1.99. The number of carbonyl (C=O) groups excluding carboxylic acids is 2. The molecule has 0 N–H and O–H groups in total. The lowest BCUT2D eigenvalue weighted by molar-refractivity contribution is -0.142. The van der Waals surface area contributed by atoms with E-state index in [4.69, 9.17) is 4.42 Å². The van der Waals surface area contributed by atoms with Crippen molar-refractivity contribution in [2.24, 2.45) is 0 Å². The zero-order valence-electron chi connectivity index (χ0n) is 7.77. The summed E-state index contributed by atoms with van der Waals surface area (Å²) in [6, 6.07) is 0. The molecule has 0 unspecified atom stereocenters. The van der Waals surface area contributed by atoms with Gasteiger partial charge >= 0.3 is 11.9 Å². The van der Waals surface area contributed by atoms with Crippen LogP contribution in [0.1, 0.15) is 23.2 Å². The first-order valence-electron chi connectivity index (χ1n) is 3.79. The average Bonchev–Trinajstić information content (AvgIpc) is 2.61. The SMILES string of the molecule is COC(=O)c1ncoc1COC(C)=O. The second-order valence-corrected chi connectivity index (χ2v) is 2.40. The molecule has 6 heteroatoms. The third-order valence-corrected chi connectivity index (χ3v) is 1.43. The first-order valence-corrected chi connectivity index (χ1v) is 3.79. The Labute approximate surface area is 79.8 Å². The minimum atomic E-state index is -0.624. The lowest BCUT2D eigenvalue weighted by Crippen LogP contribution is -2.07. The van der Waals surface area contributed by atoms with Crippen molar-refractivity contribution in [2.75, 3.05) is 7.11 Å². The highest BCUT2D eigenvalue weighted by Gasteiger charge is 2.17. The molecule has 76 valence electrons. The fourth-order valence-electron chi connectivity index (χ4n) is 0.803. The minimum Gasteiger partial charge on any atom is -0.464 e. The van der Waals surface area contributed by atoms with Gasteiger partial charge in [0.25, 0.3) is 0 Å². The summed E-state index contributed by atoms with van der Waals surface area (Å²) in [5.74, 6) is -0.912. The highest BCUT2D eigenvalue weighted by molar-refractivity contribution is 5.88. The van der Waals surface area contributed by atoms with Crippen molar-refractivity contribution in [3.05, 3.63) is 17.8 Å². The largest absolute Gasteiger partial charge is 0.464 e. The topological polar surface area (TPSA) is 78.6 Å². The second kappa shape index (κ2) is 4.40. The maximum Gasteiger partial charge on any atom is 0.360 e. The highest BCUT2D eigenvalue weighted by atomic mass is 16.5. The smallest absolute Gasteiger partial charge is 0.360 e. The molecule has 14 heavy (non-hydrogen) atoms. The van der Waals surface area contributed by atoms with Crippen LogP contribution >= 0.6 is 0 Å². The van der Waals surface area contributed by atoms with Crippen molar-refractivity contribution < 1.29 is 23.5 Å². The van der Waals surface area contributed by atoms with E-state index in [2.05, 4.69) is 14.5 Å². The Bertz CT molecular complexity index is 343. The molecule has 0 radical (unpaired) electrons. The maximum absolute atomic E-state index is 11.1. The standard InChI is InChI=1S/C8H9NO5/c1-5(10)13-3-6-7(8(11)12-2)9-4-14-6/h4H,3H2,1-2H3. The first kappa shape index (κ1) is 10.2. The molecule has 1 aromatic heterocycles. The lowest BCUT2D eigenvalue weighted by atomic mass is 10.3. The molecule has 0 spiro atoms. The number of oxazole rings is 1. The van der Waals surface area contributed by atoms with Gasteiger partial charge in [0, 0.05) is 6.92 Å². The summed E-state index contributed by atoms with van der Waals surface area (Å²) in [5.41, 5.74) is 0.0220. The van der Waals surface area contributed by atoms with Crippen molar-refractivity contribution in [2.45, 2.75) is 13.5 Å². The number of methoxy groups -OCH3 is 1. The van der Waals surface area contributed by atoms with Gasteiger partial charge in [-0.05, 0) is 0 Å². The summed E-state index contributed by atoms with van der Waals surface area (Å²) >= 11 is 0. The van der Waals surface area contributed by atoms with Crippen LogP contribution in [-0.4, -0.2) is 24.0 Å². The number of hydrogen-bond acceptors (Lipinski definition) is 6. The van der Waals surface area contributed by atoms with Crippen molar-refractivity contribution in [1.82, 2.24) is 4.98 Å². The Hall–Kier alpha value is -1.85. The summed E-state index contributed by atoms with van der Waals surface area (Å²) in [4.78, 5) is 25.2. The Morgan fingerprint density at radius 3 is 2.86 bits per heavy atom. The van der Waals surface area contributed by atoms with Crippen LogP contribution in [0.4, 0.5) is 0 Å². The monoisotopic (exact) mass is 199 g/mol. The zero-order valence-corrected chi connectivity index (χ0v) is 7.77. The minimum absolute atomic E-state index is 0.0220. The number of hydrogen-bond donors (Lipinski definition) is 0. The average molecular weight is 199 g/mol. The summed E-state index contributed by atoms with van der Waals surface area (Å²) in [6.07, 6.45) is 1.09. The van der Waals surface area contributed by atoms with E-state index in [9.17, 15) is 9.59 Å². The molecule has 0 fully saturated rings. The number of carbonyl (C=O) groups is 2. The van der Waals surface area contributed by atoms with Crippen molar-refractivity contribution in [3.8, 4) is 0 Å². The van der Waals surface area contributed by atoms with Crippen LogP contribution in [0.15, 0.2) is 10.8 Å². The fraction of sp³-hybridized carbons (Fsp3) is 0.375. The first-order chi connectivity index (χ1) is 6.65. The van der Waals surface area contributed by atoms with Gasteiger partial charge in [-0.25, -0.2) is 9.78 Å². The van der Waals surface area contributed by atoms with E-state index in [0.29, 0.717) is 0 Å².